The van der Waals surface area contributed by atoms with Gasteiger partial charge in [-0.3, -0.25) is 0 Å². The summed E-state index contributed by atoms with van der Waals surface area (Å²) in [6.45, 7) is 4.31. The molecule has 0 unspecified atom stereocenters. The highest BCUT2D eigenvalue weighted by Gasteiger charge is 2.15. The molecule has 0 nitrogen and oxygen atoms in total. The lowest BCUT2D eigenvalue weighted by atomic mass is 9.84. The maximum atomic E-state index is 2.24. The van der Waals surface area contributed by atoms with Crippen LogP contribution in [0.25, 0.3) is 0 Å². The molecule has 0 amide bonds. The summed E-state index contributed by atoms with van der Waals surface area (Å²) >= 11 is 0. The van der Waals surface area contributed by atoms with Gasteiger partial charge in [0.05, 0.1) is 0 Å². The largest absolute Gasteiger partial charge is 0.0908 e. The van der Waals surface area contributed by atoms with Crippen molar-refractivity contribution < 1.29 is 0 Å². The first kappa shape index (κ1) is 7.33. The highest BCUT2D eigenvalue weighted by Crippen LogP contribution is 2.28. The average molecular weight is 134 g/mol. The molecular formula is C10H14. The van der Waals surface area contributed by atoms with Gasteiger partial charge < -0.3 is 0 Å². The van der Waals surface area contributed by atoms with Crippen LogP contribution < -0.4 is 0 Å². The molecule has 1 atom stereocenters. The Kier molecular flexibility index (Phi) is 2.10. The summed E-state index contributed by atoms with van der Waals surface area (Å²) in [5, 5.41) is 0. The van der Waals surface area contributed by atoms with Crippen LogP contribution in [0.1, 0.15) is 20.3 Å². The van der Waals surface area contributed by atoms with Crippen molar-refractivity contribution in [3.8, 4) is 0 Å². The fourth-order valence-corrected chi connectivity index (χ4v) is 1.25. The van der Waals surface area contributed by atoms with Crippen LogP contribution in [0, 0.1) is 5.41 Å². The van der Waals surface area contributed by atoms with Crippen molar-refractivity contribution in [3.05, 3.63) is 36.5 Å². The summed E-state index contributed by atoms with van der Waals surface area (Å²) in [7, 11) is 0. The third-order valence-corrected chi connectivity index (χ3v) is 1.83. The molecule has 0 spiro atoms. The molecule has 54 valence electrons. The van der Waals surface area contributed by atoms with E-state index in [1.165, 1.54) is 0 Å². The molecular weight excluding hydrogens is 120 g/mol. The Morgan fingerprint density at radius 2 is 2.20 bits per heavy atom. The number of rotatable bonds is 1. The molecule has 1 aliphatic rings. The van der Waals surface area contributed by atoms with Crippen LogP contribution >= 0.6 is 0 Å². The molecule has 0 fully saturated rings. The van der Waals surface area contributed by atoms with Gasteiger partial charge in [-0.2, -0.15) is 0 Å². The smallest absolute Gasteiger partial charge is 0.00702 e. The van der Waals surface area contributed by atoms with E-state index in [9.17, 15) is 0 Å². The summed E-state index contributed by atoms with van der Waals surface area (Å²) in [5.41, 5.74) is 0.281. The lowest BCUT2D eigenvalue weighted by molar-refractivity contribution is 0.556. The Morgan fingerprint density at radius 1 is 1.40 bits per heavy atom. The highest BCUT2D eigenvalue weighted by molar-refractivity contribution is 5.20. The van der Waals surface area contributed by atoms with Gasteiger partial charge in [0.2, 0.25) is 0 Å². The monoisotopic (exact) mass is 134 g/mol. The van der Waals surface area contributed by atoms with Crippen LogP contribution in [0.4, 0.5) is 0 Å². The molecule has 0 saturated carbocycles. The molecule has 10 heavy (non-hydrogen) atoms. The van der Waals surface area contributed by atoms with Gasteiger partial charge in [-0.05, 0) is 13.3 Å². The van der Waals surface area contributed by atoms with Crippen molar-refractivity contribution >= 4 is 0 Å². The molecule has 0 saturated heterocycles. The zero-order valence-corrected chi connectivity index (χ0v) is 6.67. The van der Waals surface area contributed by atoms with Gasteiger partial charge in [-0.15, -0.1) is 0 Å². The predicted molar refractivity (Wildman–Crippen MR) is 45.8 cm³/mol. The standard InChI is InChI=1S/C10H14/c1-3-7-10(2)8-5-4-6-9-10/h3-8H,9H2,1-2H3/b7-3+/t10-/m0/s1. The van der Waals surface area contributed by atoms with Gasteiger partial charge in [-0.1, -0.05) is 43.4 Å². The number of hydrogen-bond acceptors (Lipinski definition) is 0. The minimum atomic E-state index is 0.281. The second-order valence-electron chi connectivity index (χ2n) is 3.00. The van der Waals surface area contributed by atoms with Gasteiger partial charge in [0.15, 0.2) is 0 Å². The maximum Gasteiger partial charge on any atom is 0.00702 e. The summed E-state index contributed by atoms with van der Waals surface area (Å²) in [6.07, 6.45) is 14.2. The van der Waals surface area contributed by atoms with Gasteiger partial charge in [-0.25, -0.2) is 0 Å². The van der Waals surface area contributed by atoms with Gasteiger partial charge in [0.1, 0.15) is 0 Å². The zero-order chi connectivity index (χ0) is 7.45. The first-order valence-electron chi connectivity index (χ1n) is 3.75. The van der Waals surface area contributed by atoms with Gasteiger partial charge in [0.25, 0.3) is 0 Å². The summed E-state index contributed by atoms with van der Waals surface area (Å²) in [6, 6.07) is 0. The Labute approximate surface area is 62.9 Å². The second-order valence-corrected chi connectivity index (χ2v) is 3.00. The van der Waals surface area contributed by atoms with E-state index < -0.39 is 0 Å². The van der Waals surface area contributed by atoms with Crippen LogP contribution in [-0.2, 0) is 0 Å². The van der Waals surface area contributed by atoms with Crippen molar-refractivity contribution in [2.45, 2.75) is 20.3 Å². The molecule has 0 aliphatic heterocycles. The van der Waals surface area contributed by atoms with Crippen LogP contribution in [0.3, 0.4) is 0 Å². The first-order valence-corrected chi connectivity index (χ1v) is 3.75. The predicted octanol–water partition coefficient (Wildman–Crippen LogP) is 3.08. The van der Waals surface area contributed by atoms with E-state index in [-0.39, 0.29) is 5.41 Å². The SMILES string of the molecule is C/C=C/[C@@]1(C)C=CC=CC1. The van der Waals surface area contributed by atoms with Gasteiger partial charge in [0, 0.05) is 5.41 Å². The van der Waals surface area contributed by atoms with Gasteiger partial charge >= 0.3 is 0 Å². The lowest BCUT2D eigenvalue weighted by Crippen LogP contribution is -2.09. The van der Waals surface area contributed by atoms with Crippen molar-refractivity contribution in [2.24, 2.45) is 5.41 Å². The van der Waals surface area contributed by atoms with E-state index >= 15 is 0 Å². The van der Waals surface area contributed by atoms with Crippen molar-refractivity contribution in [3.63, 3.8) is 0 Å². The van der Waals surface area contributed by atoms with E-state index in [0.717, 1.165) is 6.42 Å². The summed E-state index contributed by atoms with van der Waals surface area (Å²) in [5.74, 6) is 0. The average Bonchev–Trinajstić information content (AvgIpc) is 1.89. The van der Waals surface area contributed by atoms with Crippen LogP contribution in [0.2, 0.25) is 0 Å². The zero-order valence-electron chi connectivity index (χ0n) is 6.67. The molecule has 0 heteroatoms. The Balaban J connectivity index is 2.70. The first-order chi connectivity index (χ1) is 4.77. The van der Waals surface area contributed by atoms with Crippen molar-refractivity contribution in [1.82, 2.24) is 0 Å². The van der Waals surface area contributed by atoms with E-state index in [4.69, 9.17) is 0 Å². The van der Waals surface area contributed by atoms with Crippen LogP contribution in [0.5, 0.6) is 0 Å². The van der Waals surface area contributed by atoms with E-state index in [1.54, 1.807) is 0 Å². The quantitative estimate of drug-likeness (QED) is 0.483. The topological polar surface area (TPSA) is 0 Å². The van der Waals surface area contributed by atoms with Crippen molar-refractivity contribution in [2.75, 3.05) is 0 Å². The molecule has 1 aliphatic carbocycles. The third kappa shape index (κ3) is 1.60. The summed E-state index contributed by atoms with van der Waals surface area (Å²) < 4.78 is 0. The molecule has 0 radical (unpaired) electrons. The highest BCUT2D eigenvalue weighted by atomic mass is 14.2. The van der Waals surface area contributed by atoms with Crippen molar-refractivity contribution in [1.29, 1.82) is 0 Å². The number of hydrogen-bond donors (Lipinski definition) is 0. The second kappa shape index (κ2) is 2.87. The normalized spacial score (nSPS) is 31.8. The maximum absolute atomic E-state index is 2.24. The Morgan fingerprint density at radius 3 is 2.70 bits per heavy atom. The van der Waals surface area contributed by atoms with Crippen LogP contribution in [0.15, 0.2) is 36.5 Å². The molecule has 0 aromatic rings. The van der Waals surface area contributed by atoms with E-state index in [0.29, 0.717) is 0 Å². The number of allylic oxidation sites excluding steroid dienone is 6. The third-order valence-electron chi connectivity index (χ3n) is 1.83. The Hall–Kier alpha value is -0.780. The van der Waals surface area contributed by atoms with Crippen LogP contribution in [-0.4, -0.2) is 0 Å². The fraction of sp³-hybridized carbons (Fsp3) is 0.400. The molecule has 0 bridgehead atoms. The van der Waals surface area contributed by atoms with E-state index in [2.05, 4.69) is 50.3 Å². The minimum absolute atomic E-state index is 0.281. The molecule has 0 N–H and O–H groups in total. The lowest BCUT2D eigenvalue weighted by Gasteiger charge is -2.21. The Bertz CT molecular complexity index is 184. The molecule has 0 heterocycles. The molecule has 1 rings (SSSR count). The van der Waals surface area contributed by atoms with E-state index in [1.807, 2.05) is 0 Å². The fourth-order valence-electron chi connectivity index (χ4n) is 1.25. The molecule has 0 aromatic carbocycles. The summed E-state index contributed by atoms with van der Waals surface area (Å²) in [4.78, 5) is 0. The molecule has 0 aromatic heterocycles. The minimum Gasteiger partial charge on any atom is -0.0908 e.